The Kier molecular flexibility index (Phi) is 16.4. The summed E-state index contributed by atoms with van der Waals surface area (Å²) < 4.78 is -0.108. The number of hydrogen-bond acceptors (Lipinski definition) is 0. The van der Waals surface area contributed by atoms with Gasteiger partial charge in [0, 0.05) is 5.54 Å². The van der Waals surface area contributed by atoms with Gasteiger partial charge in [-0.15, -0.1) is 0 Å². The highest BCUT2D eigenvalue weighted by Gasteiger charge is 2.11. The molecule has 0 atom stereocenters. The summed E-state index contributed by atoms with van der Waals surface area (Å²) in [6.45, 7) is 0. The Hall–Kier alpha value is 1.69. The summed E-state index contributed by atoms with van der Waals surface area (Å²) in [4.78, 5) is 0. The van der Waals surface area contributed by atoms with Gasteiger partial charge in [-0.05, 0) is 35.4 Å². The van der Waals surface area contributed by atoms with Crippen molar-refractivity contribution in [2.75, 3.05) is 0 Å². The van der Waals surface area contributed by atoms with Gasteiger partial charge in [-0.3, -0.25) is 0 Å². The Labute approximate surface area is 233 Å². The van der Waals surface area contributed by atoms with E-state index in [4.69, 9.17) is 151 Å². The molecule has 13 heteroatoms. The summed E-state index contributed by atoms with van der Waals surface area (Å²) in [7, 11) is 0. The molecule has 0 fully saturated rings. The largest absolute Gasteiger partial charge is 0.136 e. The molecular weight excluding hydrogens is 653 g/mol. The lowest BCUT2D eigenvalue weighted by atomic mass is 10.1. The summed E-state index contributed by atoms with van der Waals surface area (Å²) in [6.07, 6.45) is 0. The van der Waals surface area contributed by atoms with Crippen molar-refractivity contribution in [1.29, 1.82) is 0 Å². The van der Waals surface area contributed by atoms with Crippen molar-refractivity contribution in [2.24, 2.45) is 0 Å². The second kappa shape index (κ2) is 15.5. The zero-order valence-corrected chi connectivity index (χ0v) is 23.1. The first-order valence-corrected chi connectivity index (χ1v) is 11.6. The molecule has 0 unspecified atom stereocenters. The maximum atomic E-state index is 5.97. The van der Waals surface area contributed by atoms with Crippen LogP contribution < -0.4 is 0 Å². The van der Waals surface area contributed by atoms with Crippen molar-refractivity contribution in [3.8, 4) is 11.1 Å². The molecule has 2 aromatic carbocycles. The van der Waals surface area contributed by atoms with E-state index < -0.39 is 0 Å². The topological polar surface area (TPSA) is 0 Å². The summed E-state index contributed by atoms with van der Waals surface area (Å²) >= 11 is 70.5. The minimum Gasteiger partial charge on any atom is -0.0904 e. The summed E-state index contributed by atoms with van der Waals surface area (Å²) in [5.74, 6) is 0. The van der Waals surface area contributed by atoms with Crippen molar-refractivity contribution in [2.45, 2.75) is 0 Å². The average molecular weight is 658 g/mol. The maximum Gasteiger partial charge on any atom is 0.136 e. The van der Waals surface area contributed by atoms with Crippen LogP contribution in [0.3, 0.4) is 0 Å². The smallest absolute Gasteiger partial charge is 0.0904 e. The lowest BCUT2D eigenvalue weighted by molar-refractivity contribution is 1.61. The van der Waals surface area contributed by atoms with Gasteiger partial charge < -0.3 is 0 Å². The van der Waals surface area contributed by atoms with Crippen molar-refractivity contribution >= 4 is 151 Å². The van der Waals surface area contributed by atoms with Crippen molar-refractivity contribution in [3.05, 3.63) is 73.4 Å². The summed E-state index contributed by atoms with van der Waals surface area (Å²) in [6, 6.07) is 6.74. The first kappa shape index (κ1) is 30.7. The standard InChI is InChI=1S/C12H4Cl6.C2Cl4.C2HCl3/c13-7-1-5(2-8(14)11(7)17)6-3-9(15)12(18)10(16)4-6;3-1(4)2(5)6;3-1-2(4)5/h1-4H;;1H. The van der Waals surface area contributed by atoms with Crippen LogP contribution in [0.1, 0.15) is 0 Å². The van der Waals surface area contributed by atoms with E-state index in [1.54, 1.807) is 24.3 Å². The highest BCUT2D eigenvalue weighted by atomic mass is 35.5. The normalized spacial score (nSPS) is 9.55. The molecule has 2 aromatic rings. The van der Waals surface area contributed by atoms with Crippen LogP contribution in [0.5, 0.6) is 0 Å². The second-order valence-corrected chi connectivity index (χ2v) is 9.94. The molecular formula is C16H5Cl13. The van der Waals surface area contributed by atoms with E-state index in [0.29, 0.717) is 30.1 Å². The number of hydrogen-bond donors (Lipinski definition) is 0. The van der Waals surface area contributed by atoms with Crippen LogP contribution >= 0.6 is 151 Å². The third-order valence-electron chi connectivity index (χ3n) is 2.53. The molecule has 0 aliphatic rings. The Morgan fingerprint density at radius 3 is 0.862 bits per heavy atom. The van der Waals surface area contributed by atoms with Crippen LogP contribution in [-0.2, 0) is 0 Å². The van der Waals surface area contributed by atoms with Gasteiger partial charge in [0.1, 0.15) is 13.5 Å². The van der Waals surface area contributed by atoms with Gasteiger partial charge in [-0.1, -0.05) is 151 Å². The van der Waals surface area contributed by atoms with Crippen molar-refractivity contribution in [3.63, 3.8) is 0 Å². The Morgan fingerprint density at radius 2 is 0.724 bits per heavy atom. The fourth-order valence-corrected chi connectivity index (χ4v) is 2.64. The van der Waals surface area contributed by atoms with Gasteiger partial charge in [-0.2, -0.15) is 0 Å². The molecule has 0 N–H and O–H groups in total. The predicted octanol–water partition coefficient (Wildman–Crippen LogP) is 12.8. The van der Waals surface area contributed by atoms with Crippen molar-refractivity contribution in [1.82, 2.24) is 0 Å². The molecule has 0 aromatic heterocycles. The molecule has 2 rings (SSSR count). The van der Waals surface area contributed by atoms with E-state index in [1.807, 2.05) is 0 Å². The van der Waals surface area contributed by atoms with Crippen LogP contribution in [0.2, 0.25) is 30.1 Å². The first-order valence-electron chi connectivity index (χ1n) is 6.58. The van der Waals surface area contributed by atoms with Crippen molar-refractivity contribution < 1.29 is 0 Å². The fourth-order valence-electron chi connectivity index (χ4n) is 1.44. The summed E-state index contributed by atoms with van der Waals surface area (Å²) in [5, 5.41) is 2.08. The molecule has 0 saturated heterocycles. The third-order valence-corrected chi connectivity index (χ3v) is 6.72. The van der Waals surface area contributed by atoms with Gasteiger partial charge in [0.25, 0.3) is 0 Å². The molecule has 0 bridgehead atoms. The molecule has 0 saturated carbocycles. The zero-order valence-electron chi connectivity index (χ0n) is 13.3. The van der Waals surface area contributed by atoms with E-state index in [2.05, 4.69) is 0 Å². The first-order chi connectivity index (χ1) is 13.3. The van der Waals surface area contributed by atoms with Crippen LogP contribution in [0.4, 0.5) is 0 Å². The zero-order chi connectivity index (χ0) is 22.9. The van der Waals surface area contributed by atoms with Crippen LogP contribution in [0.15, 0.2) is 43.3 Å². The fraction of sp³-hybridized carbons (Fsp3) is 0. The molecule has 0 aliphatic heterocycles. The van der Waals surface area contributed by atoms with Crippen LogP contribution in [0.25, 0.3) is 11.1 Å². The van der Waals surface area contributed by atoms with E-state index >= 15 is 0 Å². The van der Waals surface area contributed by atoms with Gasteiger partial charge >= 0.3 is 0 Å². The minimum absolute atomic E-state index is 0.0895. The van der Waals surface area contributed by atoms with E-state index in [9.17, 15) is 0 Å². The molecule has 0 nitrogen and oxygen atoms in total. The number of benzene rings is 2. The second-order valence-electron chi connectivity index (χ2n) is 4.43. The van der Waals surface area contributed by atoms with Gasteiger partial charge in [0.15, 0.2) is 0 Å². The number of halogens is 13. The van der Waals surface area contributed by atoms with Gasteiger partial charge in [0.05, 0.1) is 30.1 Å². The quantitative estimate of drug-likeness (QED) is 0.268. The minimum atomic E-state index is -0.0988. The lowest BCUT2D eigenvalue weighted by Gasteiger charge is -2.08. The van der Waals surface area contributed by atoms with Crippen LogP contribution in [0, 0.1) is 0 Å². The maximum absolute atomic E-state index is 5.97. The number of rotatable bonds is 1. The molecule has 29 heavy (non-hydrogen) atoms. The highest BCUT2D eigenvalue weighted by molar-refractivity contribution is 6.67. The molecule has 0 amide bonds. The Bertz CT molecular complexity index is 778. The SMILES string of the molecule is ClC(Cl)=C(Cl)Cl.ClC=C(Cl)Cl.Clc1cc(-c2cc(Cl)c(Cl)c(Cl)c2)cc(Cl)c1Cl. The van der Waals surface area contributed by atoms with E-state index in [-0.39, 0.29) is 13.5 Å². The Morgan fingerprint density at radius 1 is 0.517 bits per heavy atom. The summed E-state index contributed by atoms with van der Waals surface area (Å²) in [5.41, 5.74) is 2.60. The van der Waals surface area contributed by atoms with E-state index in [0.717, 1.165) is 16.7 Å². The highest BCUT2D eigenvalue weighted by Crippen LogP contribution is 2.39. The molecule has 160 valence electrons. The average Bonchev–Trinajstić information content (AvgIpc) is 2.64. The van der Waals surface area contributed by atoms with Crippen LogP contribution in [-0.4, -0.2) is 0 Å². The molecule has 0 heterocycles. The predicted molar refractivity (Wildman–Crippen MR) is 138 cm³/mol. The Balaban J connectivity index is 0.000000591. The monoisotopic (exact) mass is 652 g/mol. The lowest BCUT2D eigenvalue weighted by Crippen LogP contribution is -1.82. The van der Waals surface area contributed by atoms with Gasteiger partial charge in [0.2, 0.25) is 0 Å². The molecule has 0 spiro atoms. The van der Waals surface area contributed by atoms with Gasteiger partial charge in [-0.25, -0.2) is 0 Å². The molecule has 0 aliphatic carbocycles. The third kappa shape index (κ3) is 11.9. The molecule has 0 radical (unpaired) electrons. The van der Waals surface area contributed by atoms with E-state index in [1.165, 1.54) is 0 Å².